The van der Waals surface area contributed by atoms with Crippen molar-refractivity contribution >= 4 is 0 Å². The maximum absolute atomic E-state index is 9.67. The van der Waals surface area contributed by atoms with Crippen molar-refractivity contribution in [2.75, 3.05) is 19.7 Å². The van der Waals surface area contributed by atoms with Gasteiger partial charge >= 0.3 is 0 Å². The van der Waals surface area contributed by atoms with Crippen molar-refractivity contribution in [1.82, 2.24) is 4.90 Å². The van der Waals surface area contributed by atoms with Crippen molar-refractivity contribution in [1.29, 1.82) is 5.26 Å². The van der Waals surface area contributed by atoms with E-state index in [0.29, 0.717) is 6.42 Å². The fraction of sp³-hybridized carbons (Fsp3) is 0.611. The Morgan fingerprint density at radius 3 is 2.29 bits per heavy atom. The monoisotopic (exact) mass is 288 g/mol. The minimum Gasteiger partial charge on any atom is -0.394 e. The van der Waals surface area contributed by atoms with Crippen LogP contribution >= 0.6 is 0 Å². The number of hydrogen-bond donors (Lipinski definition) is 1. The van der Waals surface area contributed by atoms with E-state index in [9.17, 15) is 5.11 Å². The first-order valence-corrected chi connectivity index (χ1v) is 7.95. The summed E-state index contributed by atoms with van der Waals surface area (Å²) in [5, 5.41) is 18.6. The van der Waals surface area contributed by atoms with Crippen molar-refractivity contribution in [3.05, 3.63) is 35.9 Å². The van der Waals surface area contributed by atoms with Crippen LogP contribution in [0.25, 0.3) is 0 Å². The van der Waals surface area contributed by atoms with Gasteiger partial charge in [-0.05, 0) is 36.9 Å². The number of aliphatic hydroxyl groups is 1. The topological polar surface area (TPSA) is 47.3 Å². The summed E-state index contributed by atoms with van der Waals surface area (Å²) in [6.45, 7) is 8.26. The third-order valence-electron chi connectivity index (χ3n) is 4.31. The Labute approximate surface area is 129 Å². The van der Waals surface area contributed by atoms with Crippen molar-refractivity contribution in [3.63, 3.8) is 0 Å². The van der Waals surface area contributed by atoms with Gasteiger partial charge in [0.05, 0.1) is 18.7 Å². The van der Waals surface area contributed by atoms with Crippen LogP contribution in [0.5, 0.6) is 0 Å². The Hall–Kier alpha value is -1.37. The van der Waals surface area contributed by atoms with E-state index < -0.39 is 0 Å². The molecule has 1 atom stereocenters. The van der Waals surface area contributed by atoms with Gasteiger partial charge in [0.1, 0.15) is 0 Å². The lowest BCUT2D eigenvalue weighted by Crippen LogP contribution is -2.41. The number of aliphatic hydroxyl groups excluding tert-OH is 1. The van der Waals surface area contributed by atoms with Crippen LogP contribution < -0.4 is 0 Å². The number of piperidine rings is 1. The molecule has 1 N–H and O–H groups in total. The molecule has 3 nitrogen and oxygen atoms in total. The first-order chi connectivity index (χ1) is 10.2. The predicted octanol–water partition coefficient (Wildman–Crippen LogP) is 3.76. The third kappa shape index (κ3) is 4.84. The molecule has 0 aromatic heterocycles. The molecular weight excluding hydrogens is 260 g/mol. The molecule has 1 aromatic carbocycles. The van der Waals surface area contributed by atoms with E-state index in [-0.39, 0.29) is 18.1 Å². The molecular formula is C18H28N2O. The normalized spacial score (nSPS) is 19.0. The van der Waals surface area contributed by atoms with Crippen LogP contribution in [-0.2, 0) is 0 Å². The minimum atomic E-state index is 0.0906. The molecule has 1 aliphatic rings. The van der Waals surface area contributed by atoms with E-state index in [4.69, 9.17) is 5.26 Å². The van der Waals surface area contributed by atoms with Crippen molar-refractivity contribution < 1.29 is 5.11 Å². The summed E-state index contributed by atoms with van der Waals surface area (Å²) in [6.07, 6.45) is 2.70. The van der Waals surface area contributed by atoms with E-state index in [0.717, 1.165) is 25.9 Å². The summed E-state index contributed by atoms with van der Waals surface area (Å²) in [7, 11) is 0. The molecule has 0 spiro atoms. The fourth-order valence-electron chi connectivity index (χ4n) is 2.85. The largest absolute Gasteiger partial charge is 0.394 e. The molecule has 21 heavy (non-hydrogen) atoms. The number of likely N-dealkylation sites (tertiary alicyclic amines) is 1. The molecule has 0 radical (unpaired) electrons. The molecule has 2 rings (SSSR count). The highest BCUT2D eigenvalue weighted by Crippen LogP contribution is 2.36. The van der Waals surface area contributed by atoms with Gasteiger partial charge in [0.25, 0.3) is 0 Å². The lowest BCUT2D eigenvalue weighted by Gasteiger charge is -2.41. The Kier molecular flexibility index (Phi) is 7.42. The lowest BCUT2D eigenvalue weighted by molar-refractivity contribution is 0.0566. The van der Waals surface area contributed by atoms with Gasteiger partial charge in [0.15, 0.2) is 0 Å². The van der Waals surface area contributed by atoms with Gasteiger partial charge in [-0.1, -0.05) is 51.1 Å². The Morgan fingerprint density at radius 1 is 1.24 bits per heavy atom. The SMILES string of the molecule is CC.CC1(CC#N)CCN(C(CO)c2ccccc2)CC1. The summed E-state index contributed by atoms with van der Waals surface area (Å²) in [5.74, 6) is 0. The van der Waals surface area contributed by atoms with Crippen LogP contribution in [0.1, 0.15) is 51.6 Å². The molecule has 1 aliphatic heterocycles. The maximum Gasteiger partial charge on any atom is 0.0628 e. The molecule has 0 saturated carbocycles. The van der Waals surface area contributed by atoms with Crippen LogP contribution in [0.2, 0.25) is 0 Å². The van der Waals surface area contributed by atoms with Gasteiger partial charge in [0, 0.05) is 6.42 Å². The van der Waals surface area contributed by atoms with Gasteiger partial charge in [-0.25, -0.2) is 0 Å². The van der Waals surface area contributed by atoms with Crippen LogP contribution in [0.3, 0.4) is 0 Å². The quantitative estimate of drug-likeness (QED) is 0.917. The van der Waals surface area contributed by atoms with E-state index in [1.807, 2.05) is 32.0 Å². The molecule has 1 aromatic rings. The Morgan fingerprint density at radius 2 is 1.81 bits per heavy atom. The summed E-state index contributed by atoms with van der Waals surface area (Å²) in [4.78, 5) is 2.34. The van der Waals surface area contributed by atoms with E-state index in [1.54, 1.807) is 0 Å². The smallest absolute Gasteiger partial charge is 0.0628 e. The highest BCUT2D eigenvalue weighted by Gasteiger charge is 2.32. The standard InChI is InChI=1S/C16H22N2O.C2H6/c1-16(7-10-17)8-11-18(12-9-16)15(13-19)14-5-3-2-4-6-14;1-2/h2-6,15,19H,7-9,11-13H2,1H3;1-2H3. The molecule has 1 heterocycles. The van der Waals surface area contributed by atoms with E-state index in [2.05, 4.69) is 30.0 Å². The highest BCUT2D eigenvalue weighted by atomic mass is 16.3. The van der Waals surface area contributed by atoms with Gasteiger partial charge in [-0.2, -0.15) is 5.26 Å². The van der Waals surface area contributed by atoms with Crippen LogP contribution in [0.15, 0.2) is 30.3 Å². The Balaban J connectivity index is 0.00000106. The average Bonchev–Trinajstić information content (AvgIpc) is 2.53. The van der Waals surface area contributed by atoms with Crippen LogP contribution in [0, 0.1) is 16.7 Å². The van der Waals surface area contributed by atoms with Gasteiger partial charge < -0.3 is 5.11 Å². The fourth-order valence-corrected chi connectivity index (χ4v) is 2.85. The van der Waals surface area contributed by atoms with E-state index in [1.165, 1.54) is 5.56 Å². The second kappa shape index (κ2) is 8.81. The molecule has 1 unspecified atom stereocenters. The number of nitrogens with zero attached hydrogens (tertiary/aromatic N) is 2. The first-order valence-electron chi connectivity index (χ1n) is 7.95. The number of benzene rings is 1. The molecule has 0 bridgehead atoms. The number of nitriles is 1. The second-order valence-electron chi connectivity index (χ2n) is 5.79. The lowest BCUT2D eigenvalue weighted by atomic mass is 9.77. The predicted molar refractivity (Wildman–Crippen MR) is 86.8 cm³/mol. The van der Waals surface area contributed by atoms with Gasteiger partial charge in [0.2, 0.25) is 0 Å². The van der Waals surface area contributed by atoms with Gasteiger partial charge in [-0.3, -0.25) is 4.90 Å². The zero-order valence-electron chi connectivity index (χ0n) is 13.5. The number of rotatable bonds is 4. The van der Waals surface area contributed by atoms with Crippen molar-refractivity contribution in [2.24, 2.45) is 5.41 Å². The summed E-state index contributed by atoms with van der Waals surface area (Å²) >= 11 is 0. The Bertz CT molecular complexity index is 430. The van der Waals surface area contributed by atoms with Crippen LogP contribution in [0.4, 0.5) is 0 Å². The molecule has 1 saturated heterocycles. The molecule has 116 valence electrons. The zero-order valence-corrected chi connectivity index (χ0v) is 13.5. The maximum atomic E-state index is 9.67. The highest BCUT2D eigenvalue weighted by molar-refractivity contribution is 5.19. The number of hydrogen-bond acceptors (Lipinski definition) is 3. The van der Waals surface area contributed by atoms with E-state index >= 15 is 0 Å². The zero-order chi connectivity index (χ0) is 15.7. The van der Waals surface area contributed by atoms with Crippen molar-refractivity contribution in [3.8, 4) is 6.07 Å². The second-order valence-corrected chi connectivity index (χ2v) is 5.79. The molecule has 0 amide bonds. The molecule has 3 heteroatoms. The summed E-state index contributed by atoms with van der Waals surface area (Å²) in [6, 6.07) is 12.6. The third-order valence-corrected chi connectivity index (χ3v) is 4.31. The first kappa shape index (κ1) is 17.7. The molecule has 0 aliphatic carbocycles. The summed E-state index contributed by atoms with van der Waals surface area (Å²) in [5.41, 5.74) is 1.33. The van der Waals surface area contributed by atoms with Crippen LogP contribution in [-0.4, -0.2) is 29.7 Å². The summed E-state index contributed by atoms with van der Waals surface area (Å²) < 4.78 is 0. The average molecular weight is 288 g/mol. The van der Waals surface area contributed by atoms with Crippen molar-refractivity contribution in [2.45, 2.75) is 46.1 Å². The minimum absolute atomic E-state index is 0.0906. The molecule has 1 fully saturated rings. The van der Waals surface area contributed by atoms with Gasteiger partial charge in [-0.15, -0.1) is 0 Å².